The van der Waals surface area contributed by atoms with Crippen molar-refractivity contribution < 1.29 is 14.4 Å². The van der Waals surface area contributed by atoms with Crippen molar-refractivity contribution in [3.8, 4) is 0 Å². The highest BCUT2D eigenvalue weighted by Crippen LogP contribution is 2.26. The molecule has 1 heterocycles. The van der Waals surface area contributed by atoms with Crippen LogP contribution in [0.3, 0.4) is 0 Å². The Labute approximate surface area is 186 Å². The lowest BCUT2D eigenvalue weighted by Crippen LogP contribution is -2.50. The van der Waals surface area contributed by atoms with Crippen LogP contribution in [0, 0.1) is 24.7 Å². The molecule has 1 aromatic rings. The van der Waals surface area contributed by atoms with E-state index in [1.807, 2.05) is 50.8 Å². The minimum absolute atomic E-state index is 0.0400. The van der Waals surface area contributed by atoms with Crippen LogP contribution in [0.1, 0.15) is 70.4 Å². The van der Waals surface area contributed by atoms with Crippen molar-refractivity contribution in [1.29, 1.82) is 0 Å². The standard InChI is InChI=1S/C25H39N3O3/c1-5-9-20(23(26)29)21(14-17(2)3)24(30)27-22-12-6-7-13-28(25(22)31)16-19-11-8-10-18(4)15-19/h8,10-11,15,17,20-22H,5-7,9,12-14,16H2,1-4H3,(H2,26,29)(H,27,30)/t20-,21?,22-/m0/s1. The van der Waals surface area contributed by atoms with Gasteiger partial charge in [0.2, 0.25) is 17.7 Å². The number of amides is 3. The number of nitrogens with one attached hydrogen (secondary N) is 1. The summed E-state index contributed by atoms with van der Waals surface area (Å²) in [5.74, 6) is -1.45. The molecule has 0 bridgehead atoms. The fourth-order valence-corrected chi connectivity index (χ4v) is 4.52. The highest BCUT2D eigenvalue weighted by molar-refractivity contribution is 5.91. The molecule has 6 heteroatoms. The zero-order chi connectivity index (χ0) is 23.0. The van der Waals surface area contributed by atoms with E-state index < -0.39 is 23.8 Å². The maximum atomic E-state index is 13.3. The Morgan fingerprint density at radius 3 is 2.58 bits per heavy atom. The van der Waals surface area contributed by atoms with Crippen LogP contribution >= 0.6 is 0 Å². The highest BCUT2D eigenvalue weighted by atomic mass is 16.2. The summed E-state index contributed by atoms with van der Waals surface area (Å²) in [5.41, 5.74) is 7.90. The molecule has 3 atom stereocenters. The molecular weight excluding hydrogens is 390 g/mol. The van der Waals surface area contributed by atoms with Crippen molar-refractivity contribution in [2.45, 2.75) is 78.8 Å². The van der Waals surface area contributed by atoms with Crippen molar-refractivity contribution in [3.05, 3.63) is 35.4 Å². The van der Waals surface area contributed by atoms with Gasteiger partial charge in [-0.3, -0.25) is 14.4 Å². The van der Waals surface area contributed by atoms with E-state index in [4.69, 9.17) is 5.73 Å². The number of hydrogen-bond acceptors (Lipinski definition) is 3. The molecule has 0 saturated carbocycles. The lowest BCUT2D eigenvalue weighted by Gasteiger charge is -2.29. The van der Waals surface area contributed by atoms with Crippen molar-refractivity contribution in [3.63, 3.8) is 0 Å². The highest BCUT2D eigenvalue weighted by Gasteiger charge is 2.35. The van der Waals surface area contributed by atoms with Gasteiger partial charge in [0.25, 0.3) is 0 Å². The van der Waals surface area contributed by atoms with Crippen LogP contribution in [-0.4, -0.2) is 35.2 Å². The predicted octanol–water partition coefficient (Wildman–Crippen LogP) is 3.56. The first-order valence-corrected chi connectivity index (χ1v) is 11.7. The van der Waals surface area contributed by atoms with Gasteiger partial charge < -0.3 is 16.0 Å². The Hall–Kier alpha value is -2.37. The van der Waals surface area contributed by atoms with Gasteiger partial charge in [0.15, 0.2) is 0 Å². The van der Waals surface area contributed by atoms with Gasteiger partial charge in [-0.1, -0.05) is 57.0 Å². The number of nitrogens with two attached hydrogens (primary N) is 1. The van der Waals surface area contributed by atoms with Crippen LogP contribution in [0.2, 0.25) is 0 Å². The summed E-state index contributed by atoms with van der Waals surface area (Å²) in [5, 5.41) is 3.00. The molecule has 172 valence electrons. The van der Waals surface area contributed by atoms with E-state index in [9.17, 15) is 14.4 Å². The Balaban J connectivity index is 2.15. The predicted molar refractivity (Wildman–Crippen MR) is 123 cm³/mol. The third-order valence-corrected chi connectivity index (χ3v) is 6.07. The average Bonchev–Trinajstić information content (AvgIpc) is 2.86. The summed E-state index contributed by atoms with van der Waals surface area (Å²) >= 11 is 0. The van der Waals surface area contributed by atoms with Gasteiger partial charge >= 0.3 is 0 Å². The number of hydrogen-bond donors (Lipinski definition) is 2. The molecule has 1 saturated heterocycles. The van der Waals surface area contributed by atoms with Crippen LogP contribution in [0.15, 0.2) is 24.3 Å². The summed E-state index contributed by atoms with van der Waals surface area (Å²) in [6, 6.07) is 7.61. The number of nitrogens with zero attached hydrogens (tertiary/aromatic N) is 1. The Kier molecular flexibility index (Phi) is 9.53. The lowest BCUT2D eigenvalue weighted by molar-refractivity contribution is -0.139. The molecule has 0 aromatic heterocycles. The lowest BCUT2D eigenvalue weighted by atomic mass is 9.81. The third-order valence-electron chi connectivity index (χ3n) is 6.07. The average molecular weight is 430 g/mol. The van der Waals surface area contributed by atoms with Crippen LogP contribution in [0.4, 0.5) is 0 Å². The maximum absolute atomic E-state index is 13.3. The molecule has 1 aliphatic heterocycles. The first kappa shape index (κ1) is 24.9. The van der Waals surface area contributed by atoms with Crippen LogP contribution in [0.5, 0.6) is 0 Å². The number of carbonyl (C=O) groups excluding carboxylic acids is 3. The zero-order valence-corrected chi connectivity index (χ0v) is 19.5. The van der Waals surface area contributed by atoms with Gasteiger partial charge in [-0.15, -0.1) is 0 Å². The van der Waals surface area contributed by atoms with E-state index in [-0.39, 0.29) is 17.7 Å². The Bertz CT molecular complexity index is 762. The van der Waals surface area contributed by atoms with Gasteiger partial charge in [0.1, 0.15) is 6.04 Å². The SMILES string of the molecule is CCC[C@H](C(N)=O)C(CC(C)C)C(=O)N[C@H]1CCCCN(Cc2cccc(C)c2)C1=O. The smallest absolute Gasteiger partial charge is 0.245 e. The zero-order valence-electron chi connectivity index (χ0n) is 19.5. The Morgan fingerprint density at radius 2 is 1.97 bits per heavy atom. The van der Waals surface area contributed by atoms with Crippen molar-refractivity contribution in [2.75, 3.05) is 6.54 Å². The van der Waals surface area contributed by atoms with E-state index in [1.165, 1.54) is 0 Å². The van der Waals surface area contributed by atoms with Crippen molar-refractivity contribution >= 4 is 17.7 Å². The number of primary amides is 1. The summed E-state index contributed by atoms with van der Waals surface area (Å²) < 4.78 is 0. The molecule has 0 radical (unpaired) electrons. The number of benzene rings is 1. The second-order valence-electron chi connectivity index (χ2n) is 9.34. The second-order valence-corrected chi connectivity index (χ2v) is 9.34. The molecule has 3 amide bonds. The number of likely N-dealkylation sites (tertiary alicyclic amines) is 1. The quantitative estimate of drug-likeness (QED) is 0.596. The number of aryl methyl sites for hydroxylation is 1. The molecule has 1 aromatic carbocycles. The molecular formula is C25H39N3O3. The molecule has 3 N–H and O–H groups in total. The molecule has 6 nitrogen and oxygen atoms in total. The van der Waals surface area contributed by atoms with Gasteiger partial charge in [0.05, 0.1) is 0 Å². The van der Waals surface area contributed by atoms with Crippen molar-refractivity contribution in [1.82, 2.24) is 10.2 Å². The molecule has 1 aliphatic rings. The largest absolute Gasteiger partial charge is 0.369 e. The van der Waals surface area contributed by atoms with E-state index in [1.54, 1.807) is 0 Å². The fourth-order valence-electron chi connectivity index (χ4n) is 4.52. The van der Waals surface area contributed by atoms with E-state index in [0.29, 0.717) is 32.4 Å². The molecule has 31 heavy (non-hydrogen) atoms. The fraction of sp³-hybridized carbons (Fsp3) is 0.640. The molecule has 0 aliphatic carbocycles. The van der Waals surface area contributed by atoms with Gasteiger partial charge in [-0.2, -0.15) is 0 Å². The second kappa shape index (κ2) is 11.9. The summed E-state index contributed by atoms with van der Waals surface area (Å²) in [4.78, 5) is 40.4. The normalized spacial score (nSPS) is 19.1. The summed E-state index contributed by atoms with van der Waals surface area (Å²) in [6.07, 6.45) is 4.36. The summed E-state index contributed by atoms with van der Waals surface area (Å²) in [6.45, 7) is 9.32. The van der Waals surface area contributed by atoms with Crippen LogP contribution in [0.25, 0.3) is 0 Å². The third kappa shape index (κ3) is 7.37. The molecule has 0 spiro atoms. The molecule has 2 rings (SSSR count). The van der Waals surface area contributed by atoms with Gasteiger partial charge in [-0.05, 0) is 50.5 Å². The van der Waals surface area contributed by atoms with Crippen LogP contribution in [-0.2, 0) is 20.9 Å². The first-order valence-electron chi connectivity index (χ1n) is 11.7. The number of carbonyl (C=O) groups is 3. The maximum Gasteiger partial charge on any atom is 0.245 e. The Morgan fingerprint density at radius 1 is 1.23 bits per heavy atom. The van der Waals surface area contributed by atoms with E-state index in [0.717, 1.165) is 30.4 Å². The monoisotopic (exact) mass is 429 g/mol. The van der Waals surface area contributed by atoms with Gasteiger partial charge in [0, 0.05) is 24.9 Å². The first-order chi connectivity index (χ1) is 14.7. The minimum atomic E-state index is -0.551. The minimum Gasteiger partial charge on any atom is -0.369 e. The van der Waals surface area contributed by atoms with Crippen LogP contribution < -0.4 is 11.1 Å². The molecule has 1 unspecified atom stereocenters. The van der Waals surface area contributed by atoms with E-state index in [2.05, 4.69) is 11.4 Å². The molecule has 1 fully saturated rings. The van der Waals surface area contributed by atoms with Crippen molar-refractivity contribution in [2.24, 2.45) is 23.5 Å². The summed E-state index contributed by atoms with van der Waals surface area (Å²) in [7, 11) is 0. The topological polar surface area (TPSA) is 92.5 Å². The van der Waals surface area contributed by atoms with Gasteiger partial charge in [-0.25, -0.2) is 0 Å². The number of rotatable bonds is 10. The van der Waals surface area contributed by atoms with E-state index >= 15 is 0 Å².